The van der Waals surface area contributed by atoms with Gasteiger partial charge in [0.15, 0.2) is 5.76 Å². The van der Waals surface area contributed by atoms with Crippen LogP contribution in [0.1, 0.15) is 38.6 Å². The van der Waals surface area contributed by atoms with Crippen LogP contribution in [0.15, 0.2) is 28.7 Å². The molecule has 0 radical (unpaired) electrons. The van der Waals surface area contributed by atoms with Crippen LogP contribution < -0.4 is 5.32 Å². The second kappa shape index (κ2) is 6.81. The summed E-state index contributed by atoms with van der Waals surface area (Å²) in [6.45, 7) is 6.58. The van der Waals surface area contributed by atoms with Crippen molar-refractivity contribution in [2.45, 2.75) is 33.1 Å². The number of amides is 1. The Morgan fingerprint density at radius 2 is 1.95 bits per heavy atom. The van der Waals surface area contributed by atoms with Gasteiger partial charge in [-0.2, -0.15) is 0 Å². The van der Waals surface area contributed by atoms with Gasteiger partial charge in [-0.3, -0.25) is 4.79 Å². The Kier molecular flexibility index (Phi) is 5.07. The number of carbonyl (C=O) groups excluding carboxylic acids is 1. The molecule has 0 fully saturated rings. The van der Waals surface area contributed by atoms with E-state index in [0.29, 0.717) is 23.9 Å². The predicted molar refractivity (Wildman–Crippen MR) is 85.0 cm³/mol. The highest BCUT2D eigenvalue weighted by molar-refractivity contribution is 6.17. The van der Waals surface area contributed by atoms with E-state index < -0.39 is 0 Å². The van der Waals surface area contributed by atoms with E-state index in [1.165, 1.54) is 16.7 Å². The van der Waals surface area contributed by atoms with E-state index >= 15 is 0 Å². The van der Waals surface area contributed by atoms with Gasteiger partial charge >= 0.3 is 0 Å². The van der Waals surface area contributed by atoms with Gasteiger partial charge in [0.05, 0.1) is 5.88 Å². The van der Waals surface area contributed by atoms with Gasteiger partial charge in [0, 0.05) is 12.1 Å². The molecule has 1 aromatic carbocycles. The molecule has 0 aliphatic heterocycles. The monoisotopic (exact) mass is 305 g/mol. The fourth-order valence-electron chi connectivity index (χ4n) is 2.13. The lowest BCUT2D eigenvalue weighted by molar-refractivity contribution is 0.0925. The number of halogens is 1. The van der Waals surface area contributed by atoms with Crippen molar-refractivity contribution in [3.05, 3.63) is 58.0 Å². The van der Waals surface area contributed by atoms with Gasteiger partial charge in [0.2, 0.25) is 0 Å². The van der Waals surface area contributed by atoms with Crippen molar-refractivity contribution in [2.75, 3.05) is 6.54 Å². The van der Waals surface area contributed by atoms with Crippen molar-refractivity contribution in [1.82, 2.24) is 5.32 Å². The largest absolute Gasteiger partial charge is 0.456 e. The number of hydrogen-bond acceptors (Lipinski definition) is 2. The predicted octanol–water partition coefficient (Wildman–Crippen LogP) is 3.92. The normalized spacial score (nSPS) is 10.7. The summed E-state index contributed by atoms with van der Waals surface area (Å²) in [5.74, 6) is 1.18. The summed E-state index contributed by atoms with van der Waals surface area (Å²) < 4.78 is 5.41. The molecule has 2 rings (SSSR count). The molecule has 0 bridgehead atoms. The molecule has 0 aliphatic rings. The average Bonchev–Trinajstić information content (AvgIpc) is 2.84. The first-order valence-corrected chi connectivity index (χ1v) is 7.54. The highest BCUT2D eigenvalue weighted by Crippen LogP contribution is 2.16. The van der Waals surface area contributed by atoms with E-state index in [1.807, 2.05) is 6.92 Å². The van der Waals surface area contributed by atoms with E-state index in [4.69, 9.17) is 16.0 Å². The van der Waals surface area contributed by atoms with Crippen molar-refractivity contribution in [1.29, 1.82) is 0 Å². The smallest absolute Gasteiger partial charge is 0.287 e. The summed E-state index contributed by atoms with van der Waals surface area (Å²) in [5, 5.41) is 2.87. The molecule has 21 heavy (non-hydrogen) atoms. The molecule has 3 nitrogen and oxygen atoms in total. The van der Waals surface area contributed by atoms with Crippen LogP contribution in [0.4, 0.5) is 0 Å². The molecule has 0 aliphatic carbocycles. The molecule has 0 spiro atoms. The summed E-state index contributed by atoms with van der Waals surface area (Å²) in [5.41, 5.74) is 4.63. The van der Waals surface area contributed by atoms with Gasteiger partial charge in [-0.15, -0.1) is 11.6 Å². The minimum Gasteiger partial charge on any atom is -0.456 e. The Balaban J connectivity index is 1.90. The van der Waals surface area contributed by atoms with E-state index in [2.05, 4.69) is 37.4 Å². The van der Waals surface area contributed by atoms with E-state index in [9.17, 15) is 4.79 Å². The zero-order chi connectivity index (χ0) is 15.4. The Hall–Kier alpha value is -1.74. The molecule has 0 saturated carbocycles. The zero-order valence-corrected chi connectivity index (χ0v) is 13.4. The van der Waals surface area contributed by atoms with Crippen LogP contribution in [-0.4, -0.2) is 12.5 Å². The molecule has 0 atom stereocenters. The van der Waals surface area contributed by atoms with Gasteiger partial charge < -0.3 is 9.73 Å². The minimum absolute atomic E-state index is 0.196. The third-order valence-electron chi connectivity index (χ3n) is 3.66. The third-order valence-corrected chi connectivity index (χ3v) is 3.95. The summed E-state index contributed by atoms with van der Waals surface area (Å²) in [6.07, 6.45) is 0.801. The summed E-state index contributed by atoms with van der Waals surface area (Å²) in [7, 11) is 0. The molecule has 112 valence electrons. The Morgan fingerprint density at radius 1 is 1.19 bits per heavy atom. The van der Waals surface area contributed by atoms with Crippen LogP contribution in [0.3, 0.4) is 0 Å². The lowest BCUT2D eigenvalue weighted by atomic mass is 10.0. The lowest BCUT2D eigenvalue weighted by Crippen LogP contribution is -2.25. The maximum Gasteiger partial charge on any atom is 0.287 e. The van der Waals surface area contributed by atoms with Crippen molar-refractivity contribution < 1.29 is 9.21 Å². The third kappa shape index (κ3) is 3.88. The highest BCUT2D eigenvalue weighted by atomic mass is 35.5. The Morgan fingerprint density at radius 3 is 2.57 bits per heavy atom. The van der Waals surface area contributed by atoms with Crippen molar-refractivity contribution in [3.8, 4) is 0 Å². The number of nitrogens with one attached hydrogen (secondary N) is 1. The molecule has 4 heteroatoms. The number of benzene rings is 1. The van der Waals surface area contributed by atoms with Crippen LogP contribution in [-0.2, 0) is 12.3 Å². The minimum atomic E-state index is -0.196. The topological polar surface area (TPSA) is 42.2 Å². The molecule has 1 N–H and O–H groups in total. The van der Waals surface area contributed by atoms with Gasteiger partial charge in [0.25, 0.3) is 5.91 Å². The first-order chi connectivity index (χ1) is 10.0. The standard InChI is InChI=1S/C17H20ClNO2/c1-11-4-5-14(8-12(11)2)6-7-19-17(20)16-9-15(10-18)13(3)21-16/h4-5,8-9H,6-7,10H2,1-3H3,(H,19,20). The molecule has 0 saturated heterocycles. The highest BCUT2D eigenvalue weighted by Gasteiger charge is 2.13. The summed E-state index contributed by atoms with van der Waals surface area (Å²) in [4.78, 5) is 12.0. The maximum atomic E-state index is 12.0. The second-order valence-corrected chi connectivity index (χ2v) is 5.52. The number of hydrogen-bond donors (Lipinski definition) is 1. The quantitative estimate of drug-likeness (QED) is 0.851. The van der Waals surface area contributed by atoms with Crippen molar-refractivity contribution in [2.24, 2.45) is 0 Å². The number of furan rings is 1. The Labute approximate surface area is 130 Å². The molecule has 1 heterocycles. The van der Waals surface area contributed by atoms with Crippen molar-refractivity contribution in [3.63, 3.8) is 0 Å². The lowest BCUT2D eigenvalue weighted by Gasteiger charge is -2.06. The van der Waals surface area contributed by atoms with E-state index in [-0.39, 0.29) is 5.91 Å². The first-order valence-electron chi connectivity index (χ1n) is 7.01. The van der Waals surface area contributed by atoms with Crippen LogP contribution >= 0.6 is 11.6 Å². The number of alkyl halides is 1. The second-order valence-electron chi connectivity index (χ2n) is 5.25. The first kappa shape index (κ1) is 15.6. The van der Waals surface area contributed by atoms with E-state index in [0.717, 1.165) is 12.0 Å². The molecule has 1 aromatic heterocycles. The van der Waals surface area contributed by atoms with Crippen molar-refractivity contribution >= 4 is 17.5 Å². The average molecular weight is 306 g/mol. The molecular weight excluding hydrogens is 286 g/mol. The van der Waals surface area contributed by atoms with Crippen LogP contribution in [0, 0.1) is 20.8 Å². The number of carbonyl (C=O) groups is 1. The van der Waals surface area contributed by atoms with Gasteiger partial charge in [-0.05, 0) is 49.9 Å². The molecule has 1 amide bonds. The Bertz CT molecular complexity index is 646. The zero-order valence-electron chi connectivity index (χ0n) is 12.6. The van der Waals surface area contributed by atoms with Gasteiger partial charge in [-0.25, -0.2) is 0 Å². The van der Waals surface area contributed by atoms with Gasteiger partial charge in [-0.1, -0.05) is 18.2 Å². The van der Waals surface area contributed by atoms with E-state index in [1.54, 1.807) is 6.07 Å². The molecular formula is C17H20ClNO2. The molecule has 0 unspecified atom stereocenters. The number of rotatable bonds is 5. The number of aryl methyl sites for hydroxylation is 3. The maximum absolute atomic E-state index is 12.0. The van der Waals surface area contributed by atoms with Crippen LogP contribution in [0.25, 0.3) is 0 Å². The molecule has 2 aromatic rings. The fourth-order valence-corrected chi connectivity index (χ4v) is 2.40. The summed E-state index contributed by atoms with van der Waals surface area (Å²) in [6, 6.07) is 8.06. The van der Waals surface area contributed by atoms with Gasteiger partial charge in [0.1, 0.15) is 5.76 Å². The fraction of sp³-hybridized carbons (Fsp3) is 0.353. The van der Waals surface area contributed by atoms with Crippen LogP contribution in [0.2, 0.25) is 0 Å². The van der Waals surface area contributed by atoms with Crippen LogP contribution in [0.5, 0.6) is 0 Å². The SMILES string of the molecule is Cc1ccc(CCNC(=O)c2cc(CCl)c(C)o2)cc1C. The summed E-state index contributed by atoms with van der Waals surface area (Å²) >= 11 is 5.77.